The quantitative estimate of drug-likeness (QED) is 0.629. The molecule has 0 bridgehead atoms. The predicted molar refractivity (Wildman–Crippen MR) is 51.1 cm³/mol. The maximum Gasteiger partial charge on any atom is 0.175 e. The molecular weight excluding hydrogens is 192 g/mol. The number of hydrogen-bond donors (Lipinski definition) is 0. The lowest BCUT2D eigenvalue weighted by atomic mass is 9.89. The number of fused-ring (bicyclic) bond motifs is 1. The topological polar surface area (TPSA) is 17.1 Å². The van der Waals surface area contributed by atoms with Crippen LogP contribution in [-0.4, -0.2) is 5.78 Å². The summed E-state index contributed by atoms with van der Waals surface area (Å²) in [5.41, 5.74) is 1.15. The summed E-state index contributed by atoms with van der Waals surface area (Å²) in [6, 6.07) is 1.92. The number of aryl methyl sites for hydroxylation is 1. The van der Waals surface area contributed by atoms with E-state index in [0.717, 1.165) is 27.6 Å². The molecule has 1 aliphatic rings. The number of thiophene rings is 1. The van der Waals surface area contributed by atoms with Crippen LogP contribution in [0.4, 0.5) is 0 Å². The van der Waals surface area contributed by atoms with Crippen molar-refractivity contribution in [2.75, 3.05) is 0 Å². The van der Waals surface area contributed by atoms with Gasteiger partial charge in [0.25, 0.3) is 0 Å². The molecule has 1 aromatic rings. The van der Waals surface area contributed by atoms with Crippen LogP contribution in [0, 0.1) is 5.92 Å². The first-order valence-corrected chi connectivity index (χ1v) is 5.20. The van der Waals surface area contributed by atoms with Crippen molar-refractivity contribution in [2.24, 2.45) is 5.92 Å². The Morgan fingerprint density at radius 2 is 2.42 bits per heavy atom. The number of carbonyl (C=O) groups is 1. The van der Waals surface area contributed by atoms with E-state index < -0.39 is 0 Å². The normalized spacial score (nSPS) is 22.5. The monoisotopic (exact) mass is 200 g/mol. The lowest BCUT2D eigenvalue weighted by Crippen LogP contribution is -2.17. The number of ketones is 1. The molecule has 1 atom stereocenters. The van der Waals surface area contributed by atoms with Crippen LogP contribution < -0.4 is 0 Å². The third-order valence-corrected chi connectivity index (χ3v) is 3.62. The van der Waals surface area contributed by atoms with Crippen molar-refractivity contribution in [1.82, 2.24) is 0 Å². The first kappa shape index (κ1) is 8.27. The van der Waals surface area contributed by atoms with Crippen molar-refractivity contribution in [1.29, 1.82) is 0 Å². The molecule has 2 rings (SSSR count). The second-order valence-electron chi connectivity index (χ2n) is 3.21. The summed E-state index contributed by atoms with van der Waals surface area (Å²) in [4.78, 5) is 12.5. The van der Waals surface area contributed by atoms with Crippen LogP contribution >= 0.6 is 22.9 Å². The van der Waals surface area contributed by atoms with Gasteiger partial charge in [-0.3, -0.25) is 4.79 Å². The zero-order chi connectivity index (χ0) is 8.72. The first-order valence-electron chi connectivity index (χ1n) is 4.01. The van der Waals surface area contributed by atoms with Crippen LogP contribution in [0.15, 0.2) is 6.07 Å². The average Bonchev–Trinajstić information content (AvgIpc) is 2.39. The molecule has 0 saturated heterocycles. The lowest BCUT2D eigenvalue weighted by molar-refractivity contribution is 0.0918. The zero-order valence-corrected chi connectivity index (χ0v) is 8.34. The Labute approximate surface area is 80.4 Å². The van der Waals surface area contributed by atoms with E-state index in [-0.39, 0.29) is 11.7 Å². The summed E-state index contributed by atoms with van der Waals surface area (Å²) in [5.74, 6) is 0.459. The molecule has 0 radical (unpaired) electrons. The Bertz CT molecular complexity index is 329. The minimum atomic E-state index is 0.187. The Balaban J connectivity index is 2.48. The van der Waals surface area contributed by atoms with E-state index in [4.69, 9.17) is 11.6 Å². The zero-order valence-electron chi connectivity index (χ0n) is 6.76. The van der Waals surface area contributed by atoms with Crippen LogP contribution in [-0.2, 0) is 6.42 Å². The van der Waals surface area contributed by atoms with Crippen LogP contribution in [0.3, 0.4) is 0 Å². The van der Waals surface area contributed by atoms with Crippen molar-refractivity contribution < 1.29 is 4.79 Å². The van der Waals surface area contributed by atoms with Crippen LogP contribution in [0.5, 0.6) is 0 Å². The largest absolute Gasteiger partial charge is 0.293 e. The number of hydrogen-bond acceptors (Lipinski definition) is 2. The van der Waals surface area contributed by atoms with Crippen molar-refractivity contribution in [3.05, 3.63) is 20.8 Å². The second kappa shape index (κ2) is 2.86. The van der Waals surface area contributed by atoms with Gasteiger partial charge in [0.1, 0.15) is 0 Å². The highest BCUT2D eigenvalue weighted by Gasteiger charge is 2.25. The molecule has 1 heterocycles. The SMILES string of the molecule is CC1CCc2cc(Cl)sc2C1=O. The summed E-state index contributed by atoms with van der Waals surface area (Å²) in [6.45, 7) is 1.99. The van der Waals surface area contributed by atoms with Crippen LogP contribution in [0.25, 0.3) is 0 Å². The standard InChI is InChI=1S/C9H9ClOS/c1-5-2-3-6-4-7(10)12-9(6)8(5)11/h4-5H,2-3H2,1H3. The average molecular weight is 201 g/mol. The third-order valence-electron chi connectivity index (χ3n) is 2.30. The minimum absolute atomic E-state index is 0.187. The molecule has 1 aromatic heterocycles. The molecule has 0 fully saturated rings. The molecule has 64 valence electrons. The molecule has 3 heteroatoms. The summed E-state index contributed by atoms with van der Waals surface area (Å²) >= 11 is 7.25. The second-order valence-corrected chi connectivity index (χ2v) is 4.89. The van der Waals surface area contributed by atoms with Crippen molar-refractivity contribution in [3.8, 4) is 0 Å². The summed E-state index contributed by atoms with van der Waals surface area (Å²) in [5, 5.41) is 0. The van der Waals surface area contributed by atoms with E-state index in [2.05, 4.69) is 0 Å². The van der Waals surface area contributed by atoms with Crippen molar-refractivity contribution >= 4 is 28.7 Å². The van der Waals surface area contributed by atoms with E-state index >= 15 is 0 Å². The van der Waals surface area contributed by atoms with Crippen LogP contribution in [0.2, 0.25) is 4.34 Å². The van der Waals surface area contributed by atoms with Gasteiger partial charge < -0.3 is 0 Å². The maximum absolute atomic E-state index is 11.6. The van der Waals surface area contributed by atoms with Gasteiger partial charge in [-0.2, -0.15) is 0 Å². The van der Waals surface area contributed by atoms with Gasteiger partial charge in [0, 0.05) is 5.92 Å². The molecule has 1 unspecified atom stereocenters. The van der Waals surface area contributed by atoms with E-state index in [1.807, 2.05) is 13.0 Å². The fourth-order valence-electron chi connectivity index (χ4n) is 1.52. The smallest absolute Gasteiger partial charge is 0.175 e. The fourth-order valence-corrected chi connectivity index (χ4v) is 2.87. The molecule has 1 nitrogen and oxygen atoms in total. The number of rotatable bonds is 0. The van der Waals surface area contributed by atoms with Gasteiger partial charge in [-0.15, -0.1) is 11.3 Å². The molecule has 1 aliphatic carbocycles. The first-order chi connectivity index (χ1) is 5.68. The molecular formula is C9H9ClOS. The van der Waals surface area contributed by atoms with E-state index in [1.54, 1.807) is 0 Å². The van der Waals surface area contributed by atoms with Crippen LogP contribution in [0.1, 0.15) is 28.6 Å². The highest BCUT2D eigenvalue weighted by molar-refractivity contribution is 7.18. The molecule has 0 aromatic carbocycles. The Kier molecular flexibility index (Phi) is 1.97. The number of Topliss-reactive ketones (excluding diaryl/α,β-unsaturated/α-hetero) is 1. The number of halogens is 1. The Morgan fingerprint density at radius 1 is 1.67 bits per heavy atom. The minimum Gasteiger partial charge on any atom is -0.293 e. The van der Waals surface area contributed by atoms with Crippen molar-refractivity contribution in [3.63, 3.8) is 0 Å². The molecule has 0 aliphatic heterocycles. The van der Waals surface area contributed by atoms with Crippen molar-refractivity contribution in [2.45, 2.75) is 19.8 Å². The predicted octanol–water partition coefficient (Wildman–Crippen LogP) is 3.17. The molecule has 12 heavy (non-hydrogen) atoms. The summed E-state index contributed by atoms with van der Waals surface area (Å²) < 4.78 is 0.738. The molecule has 0 saturated carbocycles. The molecule has 0 spiro atoms. The maximum atomic E-state index is 11.6. The van der Waals surface area contributed by atoms with Gasteiger partial charge >= 0.3 is 0 Å². The third kappa shape index (κ3) is 1.19. The van der Waals surface area contributed by atoms with Gasteiger partial charge in [0.2, 0.25) is 0 Å². The summed E-state index contributed by atoms with van der Waals surface area (Å²) in [6.07, 6.45) is 1.98. The fraction of sp³-hybridized carbons (Fsp3) is 0.444. The highest BCUT2D eigenvalue weighted by atomic mass is 35.5. The van der Waals surface area contributed by atoms with Gasteiger partial charge in [-0.05, 0) is 24.5 Å². The Morgan fingerprint density at radius 3 is 3.17 bits per heavy atom. The van der Waals surface area contributed by atoms with Gasteiger partial charge in [0.05, 0.1) is 9.21 Å². The molecule has 0 N–H and O–H groups in total. The Hall–Kier alpha value is -0.340. The summed E-state index contributed by atoms with van der Waals surface area (Å²) in [7, 11) is 0. The number of carbonyl (C=O) groups excluding carboxylic acids is 1. The highest BCUT2D eigenvalue weighted by Crippen LogP contribution is 2.34. The van der Waals surface area contributed by atoms with Gasteiger partial charge in [-0.25, -0.2) is 0 Å². The molecule has 0 amide bonds. The van der Waals surface area contributed by atoms with E-state index in [9.17, 15) is 4.79 Å². The van der Waals surface area contributed by atoms with Gasteiger partial charge in [0.15, 0.2) is 5.78 Å². The lowest BCUT2D eigenvalue weighted by Gasteiger charge is -2.15. The van der Waals surface area contributed by atoms with E-state index in [0.29, 0.717) is 0 Å². The van der Waals surface area contributed by atoms with Gasteiger partial charge in [-0.1, -0.05) is 18.5 Å². The van der Waals surface area contributed by atoms with E-state index in [1.165, 1.54) is 11.3 Å².